The molecule has 2 rings (SSSR count). The van der Waals surface area contributed by atoms with Crippen molar-refractivity contribution >= 4 is 11.8 Å². The van der Waals surface area contributed by atoms with Crippen LogP contribution in [0.3, 0.4) is 0 Å². The van der Waals surface area contributed by atoms with Crippen LogP contribution in [-0.4, -0.2) is 22.5 Å². The van der Waals surface area contributed by atoms with Crippen molar-refractivity contribution < 1.29 is 4.42 Å². The van der Waals surface area contributed by atoms with Crippen molar-refractivity contribution in [3.63, 3.8) is 0 Å². The molecule has 0 bridgehead atoms. The average molecular weight is 226 g/mol. The van der Waals surface area contributed by atoms with E-state index >= 15 is 0 Å². The standard InChI is InChI=1S/C11H18N2OS/c1-15-11-4-2-3-9(5-11)13-7-10-6-12-8-14-10/h6,8-9,11,13H,2-5,7H2,1H3. The Kier molecular flexibility index (Phi) is 4.09. The third-order valence-electron chi connectivity index (χ3n) is 3.01. The summed E-state index contributed by atoms with van der Waals surface area (Å²) < 4.78 is 5.20. The zero-order chi connectivity index (χ0) is 10.5. The number of hydrogen-bond donors (Lipinski definition) is 1. The Bertz CT molecular complexity index is 276. The summed E-state index contributed by atoms with van der Waals surface area (Å²) in [5, 5.41) is 4.38. The molecule has 1 aromatic heterocycles. The van der Waals surface area contributed by atoms with E-state index in [1.165, 1.54) is 32.1 Å². The van der Waals surface area contributed by atoms with Crippen LogP contribution in [0.15, 0.2) is 17.0 Å². The first kappa shape index (κ1) is 11.0. The molecular weight excluding hydrogens is 208 g/mol. The van der Waals surface area contributed by atoms with E-state index in [1.54, 1.807) is 6.20 Å². The SMILES string of the molecule is CSC1CCCC(NCc2cnco2)C1. The monoisotopic (exact) mass is 226 g/mol. The van der Waals surface area contributed by atoms with Crippen molar-refractivity contribution in [2.45, 2.75) is 43.5 Å². The fourth-order valence-electron chi connectivity index (χ4n) is 2.12. The highest BCUT2D eigenvalue weighted by atomic mass is 32.2. The van der Waals surface area contributed by atoms with Gasteiger partial charge >= 0.3 is 0 Å². The molecule has 0 amide bonds. The number of rotatable bonds is 4. The summed E-state index contributed by atoms with van der Waals surface area (Å²) in [4.78, 5) is 3.91. The van der Waals surface area contributed by atoms with Crippen LogP contribution in [0.5, 0.6) is 0 Å². The molecule has 2 unspecified atom stereocenters. The van der Waals surface area contributed by atoms with Crippen LogP contribution in [-0.2, 0) is 6.54 Å². The molecule has 1 aromatic rings. The smallest absolute Gasteiger partial charge is 0.180 e. The summed E-state index contributed by atoms with van der Waals surface area (Å²) in [7, 11) is 0. The second-order valence-electron chi connectivity index (χ2n) is 4.07. The maximum atomic E-state index is 5.20. The normalized spacial score (nSPS) is 26.7. The Morgan fingerprint density at radius 2 is 2.53 bits per heavy atom. The van der Waals surface area contributed by atoms with Gasteiger partial charge in [0.1, 0.15) is 5.76 Å². The zero-order valence-electron chi connectivity index (χ0n) is 9.11. The maximum Gasteiger partial charge on any atom is 0.180 e. The first-order valence-electron chi connectivity index (χ1n) is 5.52. The van der Waals surface area contributed by atoms with E-state index in [4.69, 9.17) is 4.42 Å². The number of thioether (sulfide) groups is 1. The summed E-state index contributed by atoms with van der Waals surface area (Å²) in [6, 6.07) is 0.654. The molecule has 2 atom stereocenters. The molecule has 1 aliphatic rings. The Morgan fingerprint density at radius 1 is 1.60 bits per heavy atom. The lowest BCUT2D eigenvalue weighted by molar-refractivity contribution is 0.362. The predicted octanol–water partition coefficient (Wildman–Crippen LogP) is 2.44. The highest BCUT2D eigenvalue weighted by Gasteiger charge is 2.20. The minimum Gasteiger partial charge on any atom is -0.447 e. The van der Waals surface area contributed by atoms with Crippen LogP contribution in [0, 0.1) is 0 Å². The number of aromatic nitrogens is 1. The largest absolute Gasteiger partial charge is 0.447 e. The van der Waals surface area contributed by atoms with E-state index in [0.717, 1.165) is 17.6 Å². The minimum atomic E-state index is 0.654. The molecule has 1 saturated carbocycles. The van der Waals surface area contributed by atoms with Crippen LogP contribution in [0.1, 0.15) is 31.4 Å². The molecule has 1 N–H and O–H groups in total. The molecule has 0 saturated heterocycles. The molecule has 0 radical (unpaired) electrons. The topological polar surface area (TPSA) is 38.1 Å². The number of nitrogens with zero attached hydrogens (tertiary/aromatic N) is 1. The lowest BCUT2D eigenvalue weighted by atomic mass is 9.95. The third-order valence-corrected chi connectivity index (χ3v) is 4.10. The summed E-state index contributed by atoms with van der Waals surface area (Å²) in [6.45, 7) is 0.811. The van der Waals surface area contributed by atoms with Gasteiger partial charge in [-0.25, -0.2) is 4.98 Å². The zero-order valence-corrected chi connectivity index (χ0v) is 9.93. The fourth-order valence-corrected chi connectivity index (χ4v) is 2.95. The predicted molar refractivity (Wildman–Crippen MR) is 62.9 cm³/mol. The first-order chi connectivity index (χ1) is 7.38. The minimum absolute atomic E-state index is 0.654. The van der Waals surface area contributed by atoms with Crippen molar-refractivity contribution in [3.05, 3.63) is 18.4 Å². The van der Waals surface area contributed by atoms with Gasteiger partial charge in [-0.3, -0.25) is 0 Å². The number of hydrogen-bond acceptors (Lipinski definition) is 4. The molecule has 1 heterocycles. The second-order valence-corrected chi connectivity index (χ2v) is 5.21. The Balaban J connectivity index is 1.74. The number of nitrogens with one attached hydrogen (secondary N) is 1. The molecule has 4 heteroatoms. The molecule has 1 aliphatic carbocycles. The van der Waals surface area contributed by atoms with E-state index < -0.39 is 0 Å². The van der Waals surface area contributed by atoms with E-state index in [1.807, 2.05) is 11.8 Å². The molecule has 0 aromatic carbocycles. The summed E-state index contributed by atoms with van der Waals surface area (Å²) in [5.74, 6) is 0.932. The van der Waals surface area contributed by atoms with Gasteiger partial charge in [-0.2, -0.15) is 11.8 Å². The van der Waals surface area contributed by atoms with Crippen molar-refractivity contribution in [1.82, 2.24) is 10.3 Å². The summed E-state index contributed by atoms with van der Waals surface area (Å²) in [6.07, 6.45) is 10.8. The van der Waals surface area contributed by atoms with Gasteiger partial charge < -0.3 is 9.73 Å². The van der Waals surface area contributed by atoms with Gasteiger partial charge in [0.05, 0.1) is 12.7 Å². The quantitative estimate of drug-likeness (QED) is 0.855. The van der Waals surface area contributed by atoms with E-state index in [-0.39, 0.29) is 0 Å². The Morgan fingerprint density at radius 3 is 3.27 bits per heavy atom. The van der Waals surface area contributed by atoms with E-state index in [0.29, 0.717) is 6.04 Å². The van der Waals surface area contributed by atoms with Crippen molar-refractivity contribution in [2.24, 2.45) is 0 Å². The lowest BCUT2D eigenvalue weighted by Crippen LogP contribution is -2.34. The molecule has 0 aliphatic heterocycles. The lowest BCUT2D eigenvalue weighted by Gasteiger charge is -2.28. The average Bonchev–Trinajstić information content (AvgIpc) is 2.79. The van der Waals surface area contributed by atoms with E-state index in [2.05, 4.69) is 16.6 Å². The molecule has 1 fully saturated rings. The van der Waals surface area contributed by atoms with Crippen LogP contribution in [0.2, 0.25) is 0 Å². The van der Waals surface area contributed by atoms with Crippen LogP contribution in [0.4, 0.5) is 0 Å². The fraction of sp³-hybridized carbons (Fsp3) is 0.727. The Labute approximate surface area is 95.0 Å². The van der Waals surface area contributed by atoms with Crippen molar-refractivity contribution in [3.8, 4) is 0 Å². The second kappa shape index (κ2) is 5.56. The first-order valence-corrected chi connectivity index (χ1v) is 6.81. The van der Waals surface area contributed by atoms with E-state index in [9.17, 15) is 0 Å². The summed E-state index contributed by atoms with van der Waals surface area (Å²) >= 11 is 2.00. The van der Waals surface area contributed by atoms with Crippen LogP contribution >= 0.6 is 11.8 Å². The maximum absolute atomic E-state index is 5.20. The van der Waals surface area contributed by atoms with Gasteiger partial charge in [0, 0.05) is 11.3 Å². The molecule has 84 valence electrons. The Hall–Kier alpha value is -0.480. The van der Waals surface area contributed by atoms with Crippen LogP contribution < -0.4 is 5.32 Å². The molecule has 15 heavy (non-hydrogen) atoms. The van der Waals surface area contributed by atoms with Gasteiger partial charge in [0.15, 0.2) is 6.39 Å². The molecular formula is C11H18N2OS. The highest BCUT2D eigenvalue weighted by Crippen LogP contribution is 2.26. The van der Waals surface area contributed by atoms with Gasteiger partial charge in [0.2, 0.25) is 0 Å². The third kappa shape index (κ3) is 3.24. The molecule has 3 nitrogen and oxygen atoms in total. The van der Waals surface area contributed by atoms with Crippen LogP contribution in [0.25, 0.3) is 0 Å². The van der Waals surface area contributed by atoms with Gasteiger partial charge in [-0.1, -0.05) is 6.42 Å². The van der Waals surface area contributed by atoms with Gasteiger partial charge in [-0.05, 0) is 25.5 Å². The van der Waals surface area contributed by atoms with Gasteiger partial charge in [0.25, 0.3) is 0 Å². The van der Waals surface area contributed by atoms with Gasteiger partial charge in [-0.15, -0.1) is 0 Å². The van der Waals surface area contributed by atoms with Crippen molar-refractivity contribution in [2.75, 3.05) is 6.26 Å². The van der Waals surface area contributed by atoms with Crippen molar-refractivity contribution in [1.29, 1.82) is 0 Å². The number of oxazole rings is 1. The summed E-state index contributed by atoms with van der Waals surface area (Å²) in [5.41, 5.74) is 0. The highest BCUT2D eigenvalue weighted by molar-refractivity contribution is 7.99. The molecule has 0 spiro atoms.